The van der Waals surface area contributed by atoms with E-state index in [1.165, 1.54) is 4.31 Å². The second kappa shape index (κ2) is 9.30. The number of ether oxygens (including phenoxy) is 1. The summed E-state index contributed by atoms with van der Waals surface area (Å²) in [5.74, 6) is 0.667. The summed E-state index contributed by atoms with van der Waals surface area (Å²) in [6, 6.07) is 14.4. The number of hydrogen-bond donors (Lipinski definition) is 1. The highest BCUT2D eigenvalue weighted by atomic mass is 32.2. The Morgan fingerprint density at radius 1 is 1.06 bits per heavy atom. The van der Waals surface area contributed by atoms with Gasteiger partial charge >= 0.3 is 0 Å². The van der Waals surface area contributed by atoms with Crippen LogP contribution >= 0.6 is 0 Å². The van der Waals surface area contributed by atoms with Gasteiger partial charge in [-0.2, -0.15) is 0 Å². The SMILES string of the molecule is CCN(c1ccc(C(=O)N[C@H]2CC(CC)(CC)Oc3ccccc32)cc1)S(=O)(=O)CC. The molecule has 7 heteroatoms. The molecule has 2 aromatic rings. The summed E-state index contributed by atoms with van der Waals surface area (Å²) < 4.78 is 32.2. The van der Waals surface area contributed by atoms with Gasteiger partial charge in [-0.1, -0.05) is 32.0 Å². The summed E-state index contributed by atoms with van der Waals surface area (Å²) in [5.41, 5.74) is 1.74. The van der Waals surface area contributed by atoms with E-state index in [1.54, 1.807) is 38.1 Å². The second-order valence-electron chi connectivity index (χ2n) is 7.87. The first-order valence-electron chi connectivity index (χ1n) is 11.0. The molecule has 3 rings (SSSR count). The van der Waals surface area contributed by atoms with Crippen LogP contribution in [0.2, 0.25) is 0 Å². The summed E-state index contributed by atoms with van der Waals surface area (Å²) in [6.45, 7) is 7.98. The first-order valence-corrected chi connectivity index (χ1v) is 12.6. The zero-order valence-corrected chi connectivity index (χ0v) is 19.5. The Kier molecular flexibility index (Phi) is 6.94. The number of amides is 1. The fourth-order valence-corrected chi connectivity index (χ4v) is 5.29. The van der Waals surface area contributed by atoms with Crippen molar-refractivity contribution in [1.29, 1.82) is 0 Å². The molecule has 1 aliphatic heterocycles. The molecule has 1 aliphatic rings. The summed E-state index contributed by atoms with van der Waals surface area (Å²) in [7, 11) is -3.35. The van der Waals surface area contributed by atoms with Gasteiger partial charge in [-0.25, -0.2) is 8.42 Å². The predicted octanol–water partition coefficient (Wildman–Crippen LogP) is 4.68. The number of carbonyl (C=O) groups is 1. The number of benzene rings is 2. The molecule has 6 nitrogen and oxygen atoms in total. The van der Waals surface area contributed by atoms with Gasteiger partial charge in [-0.15, -0.1) is 0 Å². The van der Waals surface area contributed by atoms with Gasteiger partial charge in [-0.05, 0) is 57.0 Å². The molecular formula is C24H32N2O4S. The Balaban J connectivity index is 1.83. The van der Waals surface area contributed by atoms with Crippen LogP contribution in [0.4, 0.5) is 5.69 Å². The van der Waals surface area contributed by atoms with E-state index in [2.05, 4.69) is 19.2 Å². The van der Waals surface area contributed by atoms with E-state index in [4.69, 9.17) is 4.74 Å². The maximum atomic E-state index is 13.0. The Labute approximate surface area is 185 Å². The highest BCUT2D eigenvalue weighted by Crippen LogP contribution is 2.42. The third-order valence-electron chi connectivity index (χ3n) is 6.20. The molecule has 1 amide bonds. The van der Waals surface area contributed by atoms with Gasteiger partial charge in [0, 0.05) is 24.1 Å². The number of hydrogen-bond acceptors (Lipinski definition) is 4. The van der Waals surface area contributed by atoms with Crippen molar-refractivity contribution in [2.75, 3.05) is 16.6 Å². The lowest BCUT2D eigenvalue weighted by atomic mass is 9.83. The van der Waals surface area contributed by atoms with Crippen LogP contribution in [0.5, 0.6) is 5.75 Å². The summed E-state index contributed by atoms with van der Waals surface area (Å²) in [6.07, 6.45) is 2.43. The zero-order chi connectivity index (χ0) is 22.6. The summed E-state index contributed by atoms with van der Waals surface area (Å²) >= 11 is 0. The third kappa shape index (κ3) is 4.71. The summed E-state index contributed by atoms with van der Waals surface area (Å²) in [4.78, 5) is 13.0. The van der Waals surface area contributed by atoms with Crippen molar-refractivity contribution in [3.63, 3.8) is 0 Å². The van der Waals surface area contributed by atoms with Gasteiger partial charge in [-0.3, -0.25) is 9.10 Å². The molecule has 31 heavy (non-hydrogen) atoms. The number of nitrogens with zero attached hydrogens (tertiary/aromatic N) is 1. The van der Waals surface area contributed by atoms with Crippen molar-refractivity contribution in [3.05, 3.63) is 59.7 Å². The molecule has 0 bridgehead atoms. The van der Waals surface area contributed by atoms with Crippen molar-refractivity contribution in [3.8, 4) is 5.75 Å². The van der Waals surface area contributed by atoms with Gasteiger partial charge in [0.25, 0.3) is 5.91 Å². The molecule has 0 spiro atoms. The van der Waals surface area contributed by atoms with Gasteiger partial charge in [0.15, 0.2) is 0 Å². The Morgan fingerprint density at radius 3 is 2.29 bits per heavy atom. The molecule has 1 atom stereocenters. The maximum absolute atomic E-state index is 13.0. The van der Waals surface area contributed by atoms with Crippen molar-refractivity contribution < 1.29 is 17.9 Å². The van der Waals surface area contributed by atoms with Crippen LogP contribution in [0.25, 0.3) is 0 Å². The highest BCUT2D eigenvalue weighted by Gasteiger charge is 2.39. The number of fused-ring (bicyclic) bond motifs is 1. The van der Waals surface area contributed by atoms with E-state index >= 15 is 0 Å². The normalized spacial score (nSPS) is 17.4. The molecule has 168 valence electrons. The average Bonchev–Trinajstić information content (AvgIpc) is 2.79. The topological polar surface area (TPSA) is 75.7 Å². The largest absolute Gasteiger partial charge is 0.487 e. The minimum Gasteiger partial charge on any atom is -0.487 e. The quantitative estimate of drug-likeness (QED) is 0.642. The monoisotopic (exact) mass is 444 g/mol. The molecule has 0 aliphatic carbocycles. The van der Waals surface area contributed by atoms with Crippen molar-refractivity contribution >= 4 is 21.6 Å². The lowest BCUT2D eigenvalue weighted by Gasteiger charge is -2.41. The van der Waals surface area contributed by atoms with Crippen molar-refractivity contribution in [2.24, 2.45) is 0 Å². The average molecular weight is 445 g/mol. The van der Waals surface area contributed by atoms with Crippen molar-refractivity contribution in [2.45, 2.75) is 58.6 Å². The van der Waals surface area contributed by atoms with E-state index in [1.807, 2.05) is 24.3 Å². The Morgan fingerprint density at radius 2 is 1.71 bits per heavy atom. The van der Waals surface area contributed by atoms with Gasteiger partial charge in [0.05, 0.1) is 17.5 Å². The number of nitrogens with one attached hydrogen (secondary N) is 1. The number of para-hydroxylation sites is 1. The fraction of sp³-hybridized carbons (Fsp3) is 0.458. The zero-order valence-electron chi connectivity index (χ0n) is 18.7. The van der Waals surface area contributed by atoms with Crippen LogP contribution in [-0.2, 0) is 10.0 Å². The van der Waals surface area contributed by atoms with Crippen LogP contribution < -0.4 is 14.4 Å². The highest BCUT2D eigenvalue weighted by molar-refractivity contribution is 7.92. The summed E-state index contributed by atoms with van der Waals surface area (Å²) in [5, 5.41) is 3.17. The van der Waals surface area contributed by atoms with E-state index in [9.17, 15) is 13.2 Å². The maximum Gasteiger partial charge on any atom is 0.251 e. The third-order valence-corrected chi connectivity index (χ3v) is 8.07. The molecule has 0 unspecified atom stereocenters. The van der Waals surface area contributed by atoms with Crippen LogP contribution in [0.1, 0.15) is 68.9 Å². The Bertz CT molecular complexity index is 1010. The molecule has 1 N–H and O–H groups in total. The lowest BCUT2D eigenvalue weighted by Crippen LogP contribution is -2.44. The Hall–Kier alpha value is -2.54. The molecule has 0 aromatic heterocycles. The molecule has 1 heterocycles. The number of carbonyl (C=O) groups excluding carboxylic acids is 1. The molecule has 0 saturated carbocycles. The van der Waals surface area contributed by atoms with Gasteiger partial charge < -0.3 is 10.1 Å². The van der Waals surface area contributed by atoms with Gasteiger partial charge in [0.2, 0.25) is 10.0 Å². The van der Waals surface area contributed by atoms with Crippen LogP contribution in [-0.4, -0.2) is 32.2 Å². The van der Waals surface area contributed by atoms with Crippen LogP contribution in [0, 0.1) is 0 Å². The molecule has 2 aromatic carbocycles. The minimum atomic E-state index is -3.35. The first-order chi connectivity index (χ1) is 14.8. The standard InChI is InChI=1S/C24H32N2O4S/c1-5-24(6-2)17-21(20-11-9-10-12-22(20)30-24)25-23(27)18-13-15-19(16-14-18)26(7-3)31(28,29)8-4/h9-16,21H,5-8,17H2,1-4H3,(H,25,27)/t21-/m0/s1. The molecule has 0 radical (unpaired) electrons. The fourth-order valence-electron chi connectivity index (χ4n) is 4.15. The minimum absolute atomic E-state index is 0.0306. The van der Waals surface area contributed by atoms with Crippen LogP contribution in [0.15, 0.2) is 48.5 Å². The smallest absolute Gasteiger partial charge is 0.251 e. The van der Waals surface area contributed by atoms with E-state index in [-0.39, 0.29) is 23.3 Å². The molecular weight excluding hydrogens is 412 g/mol. The van der Waals surface area contributed by atoms with Crippen LogP contribution in [0.3, 0.4) is 0 Å². The predicted molar refractivity (Wildman–Crippen MR) is 124 cm³/mol. The van der Waals surface area contributed by atoms with E-state index in [0.717, 1.165) is 24.2 Å². The number of anilines is 1. The van der Waals surface area contributed by atoms with Gasteiger partial charge in [0.1, 0.15) is 11.4 Å². The molecule has 0 saturated heterocycles. The number of sulfonamides is 1. The van der Waals surface area contributed by atoms with Crippen molar-refractivity contribution in [1.82, 2.24) is 5.32 Å². The first kappa shape index (κ1) is 23.1. The van der Waals surface area contributed by atoms with E-state index < -0.39 is 10.0 Å². The number of rotatable bonds is 8. The second-order valence-corrected chi connectivity index (χ2v) is 10.1. The molecule has 0 fully saturated rings. The van der Waals surface area contributed by atoms with E-state index in [0.29, 0.717) is 24.2 Å². The lowest BCUT2D eigenvalue weighted by molar-refractivity contribution is 0.0227.